The summed E-state index contributed by atoms with van der Waals surface area (Å²) >= 11 is 5.85. The number of nitrogens with one attached hydrogen (secondary N) is 1. The van der Waals surface area contributed by atoms with Gasteiger partial charge in [-0.05, 0) is 164 Å². The second kappa shape index (κ2) is 22.1. The molecule has 404 valence electrons. The summed E-state index contributed by atoms with van der Waals surface area (Å²) in [6.07, 6.45) is 21.9. The fraction of sp³-hybridized carbons (Fsp3) is 0.475. The number of benzene rings is 1. The van der Waals surface area contributed by atoms with E-state index in [0.717, 1.165) is 69.0 Å². The number of carbonyl (C=O) groups is 2. The highest BCUT2D eigenvalue weighted by Crippen LogP contribution is 2.40. The number of nitrogens with zero attached hydrogens (tertiary/aromatic N) is 11. The molecule has 1 aromatic carbocycles. The molecule has 8 aromatic rings. The normalized spacial score (nSPS) is 19.6. The van der Waals surface area contributed by atoms with Gasteiger partial charge in [-0.3, -0.25) is 4.98 Å². The van der Waals surface area contributed by atoms with Crippen LogP contribution in [0.2, 0.25) is 5.15 Å². The number of pyridine rings is 3. The minimum Gasteiger partial charge on any atom is -0.444 e. The van der Waals surface area contributed by atoms with Crippen LogP contribution in [0.1, 0.15) is 141 Å². The van der Waals surface area contributed by atoms with Gasteiger partial charge in [-0.15, -0.1) is 0 Å². The molecule has 2 amide bonds. The summed E-state index contributed by atoms with van der Waals surface area (Å²) < 4.78 is 15.7. The van der Waals surface area contributed by atoms with Crippen molar-refractivity contribution in [1.82, 2.24) is 53.8 Å². The lowest BCUT2D eigenvalue weighted by Crippen LogP contribution is -2.39. The van der Waals surface area contributed by atoms with E-state index in [4.69, 9.17) is 31.8 Å². The van der Waals surface area contributed by atoms with Crippen molar-refractivity contribution in [2.24, 2.45) is 11.8 Å². The van der Waals surface area contributed by atoms with Gasteiger partial charge in [0.2, 0.25) is 11.9 Å². The Labute approximate surface area is 455 Å². The molecule has 0 radical (unpaired) electrons. The standard InChI is InChI=1S/C30H36N6O2.C16H19N5.C13H17ClN2O2/c1-19-9-11-22(12-10-19)36-25-8-6-5-7-23(25)24-17-32-28(34-27(24)36)33-26-15-20-13-14-35(18-21(20)16-31-26)29(37)38-30(2,3)4;1-10-2-4-11(5-3-10)21-14-9-18-7-6-12(14)13-8-19-16(17)20-15(13)21;1-13(2,3)18-12(17)16-5-4-9-6-11(14)15-7-10(9)8-16/h5-8,15-17,19,22H,9-14,18H2,1-4H3,(H,31,32,33,34);6-11H,2-5H2,1H3,(H2,17,19,20);6-7H,4-5,8H2,1-3H3. The molecular weight excluding hydrogens is 990 g/mol. The summed E-state index contributed by atoms with van der Waals surface area (Å²) in [5, 5.41) is 8.37. The number of nitrogens with two attached hydrogens (primary N) is 1. The zero-order valence-electron chi connectivity index (χ0n) is 45.7. The van der Waals surface area contributed by atoms with Crippen LogP contribution in [0, 0.1) is 11.8 Å². The van der Waals surface area contributed by atoms with Crippen LogP contribution >= 0.6 is 11.6 Å². The Morgan fingerprint density at radius 3 is 1.75 bits per heavy atom. The number of carbonyl (C=O) groups excluding carboxylic acids is 2. The maximum Gasteiger partial charge on any atom is 0.410 e. The Balaban J connectivity index is 0.000000145. The van der Waals surface area contributed by atoms with Crippen LogP contribution in [0.25, 0.3) is 43.9 Å². The number of ether oxygens (including phenoxy) is 2. The Morgan fingerprint density at radius 2 is 1.14 bits per heavy atom. The third kappa shape index (κ3) is 12.2. The molecule has 0 bridgehead atoms. The van der Waals surface area contributed by atoms with Crippen molar-refractivity contribution in [1.29, 1.82) is 0 Å². The second-order valence-electron chi connectivity index (χ2n) is 23.4. The van der Waals surface area contributed by atoms with Gasteiger partial charge in [-0.1, -0.05) is 43.6 Å². The Bertz CT molecular complexity index is 3440. The van der Waals surface area contributed by atoms with Gasteiger partial charge in [-0.2, -0.15) is 9.97 Å². The molecule has 77 heavy (non-hydrogen) atoms. The molecule has 0 atom stereocenters. The number of hydrogen-bond acceptors (Lipinski definition) is 13. The Kier molecular flexibility index (Phi) is 15.3. The molecule has 0 saturated heterocycles. The molecular formula is C59H72ClN13O4. The number of aromatic nitrogens is 9. The molecule has 12 rings (SSSR count). The lowest BCUT2D eigenvalue weighted by Gasteiger charge is -2.31. The van der Waals surface area contributed by atoms with Gasteiger partial charge in [0.25, 0.3) is 0 Å². The van der Waals surface area contributed by atoms with Crippen molar-refractivity contribution in [3.05, 3.63) is 107 Å². The van der Waals surface area contributed by atoms with Crippen LogP contribution in [0.5, 0.6) is 0 Å². The summed E-state index contributed by atoms with van der Waals surface area (Å²) in [5.74, 6) is 3.21. The van der Waals surface area contributed by atoms with Crippen LogP contribution in [-0.2, 0) is 35.4 Å². The highest BCUT2D eigenvalue weighted by molar-refractivity contribution is 6.29. The molecule has 18 heteroatoms. The fourth-order valence-electron chi connectivity index (χ4n) is 11.3. The molecule has 2 aliphatic carbocycles. The third-order valence-electron chi connectivity index (χ3n) is 15.2. The average Bonchev–Trinajstić information content (AvgIpc) is 4.02. The van der Waals surface area contributed by atoms with Gasteiger partial charge in [0.05, 0.1) is 30.3 Å². The number of halogens is 1. The van der Waals surface area contributed by atoms with Gasteiger partial charge < -0.3 is 39.5 Å². The maximum atomic E-state index is 12.5. The van der Waals surface area contributed by atoms with Crippen LogP contribution in [0.3, 0.4) is 0 Å². The van der Waals surface area contributed by atoms with Crippen molar-refractivity contribution in [3.63, 3.8) is 0 Å². The van der Waals surface area contributed by atoms with E-state index >= 15 is 0 Å². The molecule has 3 N–H and O–H groups in total. The predicted molar refractivity (Wildman–Crippen MR) is 303 cm³/mol. The second-order valence-corrected chi connectivity index (χ2v) is 23.8. The summed E-state index contributed by atoms with van der Waals surface area (Å²) in [5.41, 5.74) is 13.6. The third-order valence-corrected chi connectivity index (χ3v) is 15.4. The zero-order chi connectivity index (χ0) is 54.2. The summed E-state index contributed by atoms with van der Waals surface area (Å²) in [4.78, 5) is 59.2. The molecule has 2 aliphatic heterocycles. The highest BCUT2D eigenvalue weighted by atomic mass is 35.5. The molecule has 0 unspecified atom stereocenters. The monoisotopic (exact) mass is 1060 g/mol. The van der Waals surface area contributed by atoms with Crippen LogP contribution in [-0.4, -0.2) is 90.3 Å². The number of para-hydroxylation sites is 1. The lowest BCUT2D eigenvalue weighted by molar-refractivity contribution is 0.0213. The van der Waals surface area contributed by atoms with E-state index in [1.165, 1.54) is 73.2 Å². The summed E-state index contributed by atoms with van der Waals surface area (Å²) in [6.45, 7) is 18.3. The molecule has 9 heterocycles. The SMILES string of the molecule is CC(C)(C)OC(=O)N1CCc2cc(Cl)ncc2C1.CC1CCC(n2c3ccccc3c3cnc(Nc4cc5c(cn4)CN(C(=O)OC(C)(C)C)CC5)nc32)CC1.CC1CCC(n2c3cnccc3c3cnc(N)nc32)CC1. The molecule has 17 nitrogen and oxygen atoms in total. The average molecular weight is 1060 g/mol. The smallest absolute Gasteiger partial charge is 0.410 e. The van der Waals surface area contributed by atoms with Crippen LogP contribution < -0.4 is 11.1 Å². The number of amides is 2. The van der Waals surface area contributed by atoms with E-state index in [9.17, 15) is 9.59 Å². The lowest BCUT2D eigenvalue weighted by atomic mass is 9.87. The minimum absolute atomic E-state index is 0.275. The largest absolute Gasteiger partial charge is 0.444 e. The van der Waals surface area contributed by atoms with E-state index in [0.29, 0.717) is 61.1 Å². The number of hydrogen-bond donors (Lipinski definition) is 2. The topological polar surface area (TPSA) is 197 Å². The first kappa shape index (κ1) is 53.3. The van der Waals surface area contributed by atoms with Crippen molar-refractivity contribution in [2.45, 2.75) is 156 Å². The van der Waals surface area contributed by atoms with Crippen LogP contribution in [0.4, 0.5) is 27.3 Å². The van der Waals surface area contributed by atoms with Crippen molar-refractivity contribution in [2.75, 3.05) is 24.1 Å². The molecule has 7 aromatic heterocycles. The summed E-state index contributed by atoms with van der Waals surface area (Å²) in [6, 6.07) is 15.5. The minimum atomic E-state index is -0.508. The van der Waals surface area contributed by atoms with Gasteiger partial charge in [-0.25, -0.2) is 29.5 Å². The molecule has 2 fully saturated rings. The van der Waals surface area contributed by atoms with Gasteiger partial charge >= 0.3 is 12.2 Å². The number of fused-ring (bicyclic) bond motifs is 8. The van der Waals surface area contributed by atoms with E-state index in [2.05, 4.69) is 82.5 Å². The van der Waals surface area contributed by atoms with E-state index in [1.54, 1.807) is 16.0 Å². The molecule has 2 saturated carbocycles. The predicted octanol–water partition coefficient (Wildman–Crippen LogP) is 13.1. The number of nitrogen functional groups attached to an aromatic ring is 1. The van der Waals surface area contributed by atoms with E-state index in [-0.39, 0.29) is 12.2 Å². The number of rotatable bonds is 4. The van der Waals surface area contributed by atoms with Gasteiger partial charge in [0.1, 0.15) is 33.5 Å². The molecule has 0 spiro atoms. The Hall–Kier alpha value is -7.14. The number of anilines is 3. The van der Waals surface area contributed by atoms with Crippen molar-refractivity contribution < 1.29 is 19.1 Å². The quantitative estimate of drug-likeness (QED) is 0.158. The van der Waals surface area contributed by atoms with Gasteiger partial charge in [0.15, 0.2) is 0 Å². The Morgan fingerprint density at radius 1 is 0.610 bits per heavy atom. The first-order chi connectivity index (χ1) is 36.8. The van der Waals surface area contributed by atoms with E-state index < -0.39 is 11.2 Å². The van der Waals surface area contributed by atoms with E-state index in [1.807, 2.05) is 90.7 Å². The van der Waals surface area contributed by atoms with Gasteiger partial charge in [0, 0.05) is 77.7 Å². The van der Waals surface area contributed by atoms with Crippen LogP contribution in [0.15, 0.2) is 79.6 Å². The maximum absolute atomic E-state index is 12.5. The summed E-state index contributed by atoms with van der Waals surface area (Å²) in [7, 11) is 0. The first-order valence-electron chi connectivity index (χ1n) is 27.3. The fourth-order valence-corrected chi connectivity index (χ4v) is 11.4. The first-order valence-corrected chi connectivity index (χ1v) is 27.7. The zero-order valence-corrected chi connectivity index (χ0v) is 46.5. The van der Waals surface area contributed by atoms with Crippen molar-refractivity contribution in [3.8, 4) is 0 Å². The van der Waals surface area contributed by atoms with Crippen molar-refractivity contribution >= 4 is 85.4 Å². The highest BCUT2D eigenvalue weighted by Gasteiger charge is 2.30. The molecule has 4 aliphatic rings.